The molecule has 88 valence electrons. The third kappa shape index (κ3) is 2.69. The van der Waals surface area contributed by atoms with Crippen molar-refractivity contribution in [1.82, 2.24) is 4.98 Å². The highest BCUT2D eigenvalue weighted by atomic mass is 32.1. The van der Waals surface area contributed by atoms with Gasteiger partial charge in [0, 0.05) is 5.38 Å². The maximum atomic E-state index is 11.7. The molecule has 2 aromatic rings. The zero-order chi connectivity index (χ0) is 12.4. The van der Waals surface area contributed by atoms with Gasteiger partial charge in [-0.3, -0.25) is 10.1 Å². The summed E-state index contributed by atoms with van der Waals surface area (Å²) in [6.45, 7) is 1.83. The number of carbonyl (C=O) groups is 2. The average molecular weight is 268 g/mol. The Morgan fingerprint density at radius 2 is 2.06 bits per heavy atom. The molecule has 0 spiro atoms. The minimum atomic E-state index is -1.03. The third-order valence-electron chi connectivity index (χ3n) is 1.88. The van der Waals surface area contributed by atoms with Crippen molar-refractivity contribution in [3.63, 3.8) is 0 Å². The summed E-state index contributed by atoms with van der Waals surface area (Å²) in [5.41, 5.74) is 0.836. The second kappa shape index (κ2) is 4.64. The smallest absolute Gasteiger partial charge is 0.345 e. The summed E-state index contributed by atoms with van der Waals surface area (Å²) in [7, 11) is 0. The Bertz CT molecular complexity index is 574. The molecule has 0 unspecified atom stereocenters. The molecule has 2 aromatic heterocycles. The summed E-state index contributed by atoms with van der Waals surface area (Å²) < 4.78 is 0. The van der Waals surface area contributed by atoms with Crippen LogP contribution in [0.5, 0.6) is 0 Å². The average Bonchev–Trinajstić information content (AvgIpc) is 2.86. The van der Waals surface area contributed by atoms with Crippen molar-refractivity contribution in [3.05, 3.63) is 33.0 Å². The lowest BCUT2D eigenvalue weighted by molar-refractivity contribution is 0.0702. The van der Waals surface area contributed by atoms with E-state index < -0.39 is 5.97 Å². The lowest BCUT2D eigenvalue weighted by Crippen LogP contribution is -2.09. The van der Waals surface area contributed by atoms with Gasteiger partial charge in [0.05, 0.1) is 10.6 Å². The van der Waals surface area contributed by atoms with Crippen LogP contribution in [0.25, 0.3) is 0 Å². The number of hydrogen-bond donors (Lipinski definition) is 2. The topological polar surface area (TPSA) is 79.3 Å². The van der Waals surface area contributed by atoms with E-state index in [1.807, 2.05) is 12.3 Å². The number of thiophene rings is 1. The molecule has 0 aliphatic heterocycles. The summed E-state index contributed by atoms with van der Waals surface area (Å²) in [5.74, 6) is -1.36. The van der Waals surface area contributed by atoms with Gasteiger partial charge in [0.15, 0.2) is 5.13 Å². The van der Waals surface area contributed by atoms with Gasteiger partial charge in [-0.15, -0.1) is 22.7 Å². The number of aromatic nitrogens is 1. The van der Waals surface area contributed by atoms with Crippen LogP contribution in [0.2, 0.25) is 0 Å². The van der Waals surface area contributed by atoms with Crippen LogP contribution in [0.3, 0.4) is 0 Å². The number of amides is 1. The first kappa shape index (κ1) is 11.7. The monoisotopic (exact) mass is 268 g/mol. The largest absolute Gasteiger partial charge is 0.477 e. The van der Waals surface area contributed by atoms with Gasteiger partial charge >= 0.3 is 5.97 Å². The number of carbonyl (C=O) groups excluding carboxylic acids is 1. The molecule has 0 aromatic carbocycles. The Balaban J connectivity index is 2.11. The first-order chi connectivity index (χ1) is 8.06. The first-order valence-corrected chi connectivity index (χ1v) is 6.32. The van der Waals surface area contributed by atoms with Gasteiger partial charge in [0.1, 0.15) is 4.88 Å². The second-order valence-electron chi connectivity index (χ2n) is 3.22. The van der Waals surface area contributed by atoms with Gasteiger partial charge in [-0.05, 0) is 19.1 Å². The SMILES string of the molecule is Cc1csc(NC(=O)c2ccc(C(=O)O)s2)n1. The van der Waals surface area contributed by atoms with Crippen molar-refractivity contribution in [2.45, 2.75) is 6.92 Å². The van der Waals surface area contributed by atoms with E-state index in [2.05, 4.69) is 10.3 Å². The molecule has 17 heavy (non-hydrogen) atoms. The van der Waals surface area contributed by atoms with Gasteiger partial charge in [-0.1, -0.05) is 0 Å². The Labute approximate surface area is 105 Å². The van der Waals surface area contributed by atoms with E-state index in [0.717, 1.165) is 17.0 Å². The number of anilines is 1. The van der Waals surface area contributed by atoms with Crippen molar-refractivity contribution in [2.75, 3.05) is 5.32 Å². The van der Waals surface area contributed by atoms with Crippen LogP contribution in [0.1, 0.15) is 25.0 Å². The summed E-state index contributed by atoms with van der Waals surface area (Å²) in [6.07, 6.45) is 0. The fraction of sp³-hybridized carbons (Fsp3) is 0.100. The third-order valence-corrected chi connectivity index (χ3v) is 3.83. The summed E-state index contributed by atoms with van der Waals surface area (Å²) in [6, 6.07) is 2.90. The predicted octanol–water partition coefficient (Wildman–Crippen LogP) is 2.46. The van der Waals surface area contributed by atoms with E-state index in [0.29, 0.717) is 10.0 Å². The molecule has 7 heteroatoms. The van der Waals surface area contributed by atoms with Crippen molar-refractivity contribution in [3.8, 4) is 0 Å². The second-order valence-corrected chi connectivity index (χ2v) is 5.16. The van der Waals surface area contributed by atoms with Crippen LogP contribution in [0, 0.1) is 6.92 Å². The summed E-state index contributed by atoms with van der Waals surface area (Å²) >= 11 is 2.27. The van der Waals surface area contributed by atoms with Crippen LogP contribution >= 0.6 is 22.7 Å². The Kier molecular flexibility index (Phi) is 3.21. The molecule has 1 amide bonds. The van der Waals surface area contributed by atoms with E-state index in [1.165, 1.54) is 23.5 Å². The van der Waals surface area contributed by atoms with Gasteiger partial charge in [-0.2, -0.15) is 0 Å². The minimum Gasteiger partial charge on any atom is -0.477 e. The highest BCUT2D eigenvalue weighted by Gasteiger charge is 2.13. The number of thiazole rings is 1. The number of carboxylic acid groups (broad SMARTS) is 1. The molecular weight excluding hydrogens is 260 g/mol. The maximum absolute atomic E-state index is 11.7. The molecule has 2 N–H and O–H groups in total. The quantitative estimate of drug-likeness (QED) is 0.896. The molecular formula is C10H8N2O3S2. The summed E-state index contributed by atoms with van der Waals surface area (Å²) in [5, 5.41) is 13.7. The molecule has 0 radical (unpaired) electrons. The normalized spacial score (nSPS) is 10.2. The number of nitrogens with one attached hydrogen (secondary N) is 1. The number of aromatic carboxylic acids is 1. The molecule has 0 bridgehead atoms. The molecule has 2 rings (SSSR count). The number of rotatable bonds is 3. The molecule has 2 heterocycles. The zero-order valence-corrected chi connectivity index (χ0v) is 10.4. The van der Waals surface area contributed by atoms with Crippen LogP contribution in [-0.2, 0) is 0 Å². The van der Waals surface area contributed by atoms with Crippen molar-refractivity contribution in [1.29, 1.82) is 0 Å². The molecule has 0 aliphatic rings. The van der Waals surface area contributed by atoms with Crippen LogP contribution < -0.4 is 5.32 Å². The number of carboxylic acids is 1. The Morgan fingerprint density at radius 3 is 2.59 bits per heavy atom. The Morgan fingerprint density at radius 1 is 1.35 bits per heavy atom. The van der Waals surface area contributed by atoms with Crippen molar-refractivity contribution < 1.29 is 14.7 Å². The highest BCUT2D eigenvalue weighted by Crippen LogP contribution is 2.20. The van der Waals surface area contributed by atoms with Crippen molar-refractivity contribution in [2.24, 2.45) is 0 Å². The number of nitrogens with zero attached hydrogens (tertiary/aromatic N) is 1. The zero-order valence-electron chi connectivity index (χ0n) is 8.76. The fourth-order valence-corrected chi connectivity index (χ4v) is 2.57. The Hall–Kier alpha value is -1.73. The van der Waals surface area contributed by atoms with Crippen LogP contribution in [-0.4, -0.2) is 22.0 Å². The molecule has 0 aliphatic carbocycles. The van der Waals surface area contributed by atoms with Gasteiger partial charge in [0.25, 0.3) is 5.91 Å². The molecule has 0 saturated heterocycles. The van der Waals surface area contributed by atoms with Crippen LogP contribution in [0.15, 0.2) is 17.5 Å². The van der Waals surface area contributed by atoms with E-state index in [-0.39, 0.29) is 10.8 Å². The van der Waals surface area contributed by atoms with E-state index in [1.54, 1.807) is 0 Å². The van der Waals surface area contributed by atoms with Crippen LogP contribution in [0.4, 0.5) is 5.13 Å². The standard InChI is InChI=1S/C10H8N2O3S2/c1-5-4-16-10(11-5)12-8(13)6-2-3-7(17-6)9(14)15/h2-4H,1H3,(H,14,15)(H,11,12,13). The molecule has 0 atom stereocenters. The van der Waals surface area contributed by atoms with Gasteiger partial charge < -0.3 is 5.11 Å². The van der Waals surface area contributed by atoms with Gasteiger partial charge in [0.2, 0.25) is 0 Å². The lowest BCUT2D eigenvalue weighted by atomic mass is 10.4. The molecule has 5 nitrogen and oxygen atoms in total. The number of aryl methyl sites for hydroxylation is 1. The number of hydrogen-bond acceptors (Lipinski definition) is 5. The minimum absolute atomic E-state index is 0.144. The van der Waals surface area contributed by atoms with E-state index >= 15 is 0 Å². The van der Waals surface area contributed by atoms with E-state index in [9.17, 15) is 9.59 Å². The molecule has 0 fully saturated rings. The molecule has 0 saturated carbocycles. The van der Waals surface area contributed by atoms with Crippen molar-refractivity contribution >= 4 is 39.7 Å². The lowest BCUT2D eigenvalue weighted by Gasteiger charge is -1.97. The first-order valence-electron chi connectivity index (χ1n) is 4.63. The predicted molar refractivity (Wildman–Crippen MR) is 66.1 cm³/mol. The summed E-state index contributed by atoms with van der Waals surface area (Å²) in [4.78, 5) is 27.0. The van der Waals surface area contributed by atoms with Gasteiger partial charge in [-0.25, -0.2) is 9.78 Å². The highest BCUT2D eigenvalue weighted by molar-refractivity contribution is 7.16. The maximum Gasteiger partial charge on any atom is 0.345 e. The van der Waals surface area contributed by atoms with E-state index in [4.69, 9.17) is 5.11 Å². The fourth-order valence-electron chi connectivity index (χ4n) is 1.14.